The molecule has 0 saturated heterocycles. The van der Waals surface area contributed by atoms with Crippen molar-refractivity contribution in [2.45, 2.75) is 27.2 Å². The second-order valence-electron chi connectivity index (χ2n) is 3.33. The fourth-order valence-electron chi connectivity index (χ4n) is 1.22. The highest BCUT2D eigenvalue weighted by atomic mass is 14.1. The molecule has 0 aliphatic heterocycles. The van der Waals surface area contributed by atoms with Crippen LogP contribution < -0.4 is 0 Å². The molecule has 10 heavy (non-hydrogen) atoms. The molecule has 0 bridgehead atoms. The Morgan fingerprint density at radius 2 is 2.10 bits per heavy atom. The molecule has 0 aromatic heterocycles. The van der Waals surface area contributed by atoms with Crippen LogP contribution in [0.15, 0.2) is 23.3 Å². The first kappa shape index (κ1) is 7.59. The van der Waals surface area contributed by atoms with Crippen LogP contribution in [0.5, 0.6) is 0 Å². The van der Waals surface area contributed by atoms with Gasteiger partial charge >= 0.3 is 0 Å². The maximum atomic E-state index is 2.26. The minimum absolute atomic E-state index is 0.779. The van der Waals surface area contributed by atoms with Crippen molar-refractivity contribution >= 4 is 0 Å². The summed E-state index contributed by atoms with van der Waals surface area (Å²) in [4.78, 5) is 0. The molecule has 1 aliphatic carbocycles. The highest BCUT2D eigenvalue weighted by Gasteiger charge is 2.05. The van der Waals surface area contributed by atoms with Crippen LogP contribution >= 0.6 is 0 Å². The smallest absolute Gasteiger partial charge is 0.00835 e. The molecule has 0 nitrogen and oxygen atoms in total. The van der Waals surface area contributed by atoms with Crippen molar-refractivity contribution in [1.82, 2.24) is 0 Å². The summed E-state index contributed by atoms with van der Waals surface area (Å²) in [5.41, 5.74) is 2.95. The van der Waals surface area contributed by atoms with Crippen LogP contribution in [0, 0.1) is 12.3 Å². The van der Waals surface area contributed by atoms with E-state index in [4.69, 9.17) is 0 Å². The maximum Gasteiger partial charge on any atom is 0.00835 e. The summed E-state index contributed by atoms with van der Waals surface area (Å²) >= 11 is 0. The van der Waals surface area contributed by atoms with Gasteiger partial charge in [0.1, 0.15) is 0 Å². The molecule has 0 aromatic carbocycles. The molecule has 1 aliphatic rings. The molecule has 0 heteroatoms. The SMILES string of the molecule is CC1=C(CC(C)C)C=C[CH]1. The van der Waals surface area contributed by atoms with Crippen molar-refractivity contribution in [1.29, 1.82) is 0 Å². The highest BCUT2D eigenvalue weighted by molar-refractivity contribution is 5.40. The van der Waals surface area contributed by atoms with Gasteiger partial charge in [-0.25, -0.2) is 0 Å². The lowest BCUT2D eigenvalue weighted by Gasteiger charge is -2.04. The number of hydrogen-bond acceptors (Lipinski definition) is 0. The van der Waals surface area contributed by atoms with Gasteiger partial charge in [0, 0.05) is 6.42 Å². The van der Waals surface area contributed by atoms with Crippen molar-refractivity contribution < 1.29 is 0 Å². The highest BCUT2D eigenvalue weighted by Crippen LogP contribution is 2.23. The number of rotatable bonds is 2. The van der Waals surface area contributed by atoms with Gasteiger partial charge < -0.3 is 0 Å². The van der Waals surface area contributed by atoms with Crippen LogP contribution in [-0.2, 0) is 0 Å². The summed E-state index contributed by atoms with van der Waals surface area (Å²) < 4.78 is 0. The molecule has 0 aromatic rings. The van der Waals surface area contributed by atoms with E-state index >= 15 is 0 Å². The minimum atomic E-state index is 0.779. The van der Waals surface area contributed by atoms with Crippen molar-refractivity contribution in [3.63, 3.8) is 0 Å². The normalized spacial score (nSPS) is 17.6. The average Bonchev–Trinajstić information content (AvgIpc) is 2.15. The third-order valence-corrected chi connectivity index (χ3v) is 1.78. The third kappa shape index (κ3) is 1.73. The van der Waals surface area contributed by atoms with Gasteiger partial charge in [0.15, 0.2) is 0 Å². The molecule has 0 fully saturated rings. The molecule has 0 N–H and O–H groups in total. The van der Waals surface area contributed by atoms with E-state index in [2.05, 4.69) is 39.3 Å². The monoisotopic (exact) mass is 135 g/mol. The van der Waals surface area contributed by atoms with Gasteiger partial charge in [-0.1, -0.05) is 31.6 Å². The van der Waals surface area contributed by atoms with E-state index in [-0.39, 0.29) is 0 Å². The zero-order valence-corrected chi connectivity index (χ0v) is 7.02. The quantitative estimate of drug-likeness (QED) is 0.545. The molecule has 55 valence electrons. The Kier molecular flexibility index (Phi) is 2.31. The van der Waals surface area contributed by atoms with Gasteiger partial charge in [0.05, 0.1) is 0 Å². The van der Waals surface area contributed by atoms with Gasteiger partial charge in [0.25, 0.3) is 0 Å². The summed E-state index contributed by atoms with van der Waals surface area (Å²) in [6.45, 7) is 6.69. The van der Waals surface area contributed by atoms with Crippen LogP contribution in [0.1, 0.15) is 27.2 Å². The zero-order valence-electron chi connectivity index (χ0n) is 7.02. The van der Waals surface area contributed by atoms with Crippen LogP contribution in [0.25, 0.3) is 0 Å². The van der Waals surface area contributed by atoms with Crippen molar-refractivity contribution in [2.75, 3.05) is 0 Å². The van der Waals surface area contributed by atoms with Crippen molar-refractivity contribution in [3.8, 4) is 0 Å². The summed E-state index contributed by atoms with van der Waals surface area (Å²) in [6.07, 6.45) is 7.75. The first-order valence-corrected chi connectivity index (χ1v) is 3.91. The predicted molar refractivity (Wildman–Crippen MR) is 45.6 cm³/mol. The Balaban J connectivity index is 2.54. The summed E-state index contributed by atoms with van der Waals surface area (Å²) in [7, 11) is 0. The standard InChI is InChI=1S/C10H15/c1-8(2)7-10-6-4-5-9(10)3/h4-6,8H,7H2,1-3H3. The van der Waals surface area contributed by atoms with Crippen LogP contribution in [0.4, 0.5) is 0 Å². The largest absolute Gasteiger partial charge is 0.0761 e. The lowest BCUT2D eigenvalue weighted by Crippen LogP contribution is -1.89. The van der Waals surface area contributed by atoms with E-state index in [0.29, 0.717) is 0 Å². The molecule has 0 heterocycles. The van der Waals surface area contributed by atoms with Gasteiger partial charge in [-0.2, -0.15) is 0 Å². The maximum absolute atomic E-state index is 2.26. The first-order valence-electron chi connectivity index (χ1n) is 3.91. The fraction of sp³-hybridized carbons (Fsp3) is 0.500. The van der Waals surface area contributed by atoms with Crippen LogP contribution in [0.2, 0.25) is 0 Å². The lowest BCUT2D eigenvalue weighted by molar-refractivity contribution is 0.648. The molecular weight excluding hydrogens is 120 g/mol. The van der Waals surface area contributed by atoms with E-state index < -0.39 is 0 Å². The molecule has 0 spiro atoms. The molecule has 0 unspecified atom stereocenters. The predicted octanol–water partition coefficient (Wildman–Crippen LogP) is 3.12. The molecule has 0 saturated carbocycles. The van der Waals surface area contributed by atoms with Gasteiger partial charge in [-0.15, -0.1) is 0 Å². The Hall–Kier alpha value is -0.520. The Morgan fingerprint density at radius 3 is 2.50 bits per heavy atom. The van der Waals surface area contributed by atoms with Crippen LogP contribution in [-0.4, -0.2) is 0 Å². The summed E-state index contributed by atoms with van der Waals surface area (Å²) in [6, 6.07) is 0. The second-order valence-corrected chi connectivity index (χ2v) is 3.33. The van der Waals surface area contributed by atoms with Gasteiger partial charge in [0.2, 0.25) is 0 Å². The molecule has 0 atom stereocenters. The van der Waals surface area contributed by atoms with Gasteiger partial charge in [-0.05, 0) is 24.8 Å². The Labute approximate surface area is 63.6 Å². The lowest BCUT2D eigenvalue weighted by atomic mass is 10.0. The average molecular weight is 135 g/mol. The van der Waals surface area contributed by atoms with Crippen LogP contribution in [0.3, 0.4) is 0 Å². The van der Waals surface area contributed by atoms with Crippen molar-refractivity contribution in [2.24, 2.45) is 5.92 Å². The molecule has 0 amide bonds. The minimum Gasteiger partial charge on any atom is -0.0761 e. The topological polar surface area (TPSA) is 0 Å². The Morgan fingerprint density at radius 1 is 1.40 bits per heavy atom. The van der Waals surface area contributed by atoms with E-state index in [0.717, 1.165) is 5.92 Å². The van der Waals surface area contributed by atoms with Crippen molar-refractivity contribution in [3.05, 3.63) is 29.7 Å². The first-order chi connectivity index (χ1) is 4.70. The third-order valence-electron chi connectivity index (χ3n) is 1.78. The van der Waals surface area contributed by atoms with E-state index in [1.165, 1.54) is 17.6 Å². The molecule has 1 radical (unpaired) electrons. The van der Waals surface area contributed by atoms with E-state index in [1.807, 2.05) is 0 Å². The Bertz CT molecular complexity index is 170. The molecular formula is C10H15. The zero-order chi connectivity index (χ0) is 7.56. The molecule has 1 rings (SSSR count). The summed E-state index contributed by atoms with van der Waals surface area (Å²) in [5.74, 6) is 0.779. The fourth-order valence-corrected chi connectivity index (χ4v) is 1.22. The van der Waals surface area contributed by atoms with E-state index in [9.17, 15) is 0 Å². The summed E-state index contributed by atoms with van der Waals surface area (Å²) in [5, 5.41) is 0. The number of allylic oxidation sites excluding steroid dienone is 4. The van der Waals surface area contributed by atoms with E-state index in [1.54, 1.807) is 0 Å². The second kappa shape index (κ2) is 3.05. The number of hydrogen-bond donors (Lipinski definition) is 0. The van der Waals surface area contributed by atoms with Gasteiger partial charge in [-0.3, -0.25) is 0 Å².